The third-order valence-corrected chi connectivity index (χ3v) is 5.36. The van der Waals surface area contributed by atoms with Gasteiger partial charge in [-0.15, -0.1) is 0 Å². The average Bonchev–Trinajstić information content (AvgIpc) is 3.34. The summed E-state index contributed by atoms with van der Waals surface area (Å²) in [6, 6.07) is 15.8. The number of ether oxygens (including phenoxy) is 1. The van der Waals surface area contributed by atoms with Crippen LogP contribution in [0.15, 0.2) is 59.1 Å². The van der Waals surface area contributed by atoms with E-state index in [-0.39, 0.29) is 18.4 Å². The number of carbonyl (C=O) groups is 2. The molecule has 1 aromatic heterocycles. The van der Waals surface area contributed by atoms with Gasteiger partial charge in [0.05, 0.1) is 0 Å². The van der Waals surface area contributed by atoms with Crippen molar-refractivity contribution in [2.45, 2.75) is 32.2 Å². The van der Waals surface area contributed by atoms with Gasteiger partial charge in [-0.05, 0) is 44.4 Å². The maximum Gasteiger partial charge on any atom is 0.260 e. The Morgan fingerprint density at radius 3 is 2.66 bits per heavy atom. The summed E-state index contributed by atoms with van der Waals surface area (Å²) in [5, 5.41) is 6.84. The number of piperidine rings is 1. The zero-order valence-corrected chi connectivity index (χ0v) is 18.0. The number of hydrogen-bond acceptors (Lipinski definition) is 6. The molecule has 1 N–H and O–H groups in total. The SMILES string of the molecule is CC(NC(=O)c1cccc(OCC(=O)N2CCCCC2)c1)c1nc(-c2ccccc2)no1. The molecule has 1 aliphatic heterocycles. The monoisotopic (exact) mass is 434 g/mol. The number of carbonyl (C=O) groups excluding carboxylic acids is 2. The Balaban J connectivity index is 1.34. The highest BCUT2D eigenvalue weighted by Crippen LogP contribution is 2.19. The van der Waals surface area contributed by atoms with Gasteiger partial charge in [-0.2, -0.15) is 4.98 Å². The molecule has 166 valence electrons. The molecule has 0 aliphatic carbocycles. The number of nitrogens with one attached hydrogen (secondary N) is 1. The molecule has 0 saturated carbocycles. The molecule has 8 nitrogen and oxygen atoms in total. The molecule has 1 fully saturated rings. The minimum Gasteiger partial charge on any atom is -0.484 e. The molecule has 2 amide bonds. The second kappa shape index (κ2) is 10.1. The number of nitrogens with zero attached hydrogens (tertiary/aromatic N) is 3. The molecular formula is C24H26N4O4. The summed E-state index contributed by atoms with van der Waals surface area (Å²) in [5.41, 5.74) is 1.26. The third-order valence-electron chi connectivity index (χ3n) is 5.36. The van der Waals surface area contributed by atoms with E-state index in [2.05, 4.69) is 15.5 Å². The predicted molar refractivity (Wildman–Crippen MR) is 118 cm³/mol. The lowest BCUT2D eigenvalue weighted by atomic mass is 10.1. The Morgan fingerprint density at radius 1 is 1.09 bits per heavy atom. The second-order valence-electron chi connectivity index (χ2n) is 7.78. The quantitative estimate of drug-likeness (QED) is 0.610. The fraction of sp³-hybridized carbons (Fsp3) is 0.333. The summed E-state index contributed by atoms with van der Waals surface area (Å²) < 4.78 is 11.0. The highest BCUT2D eigenvalue weighted by Gasteiger charge is 2.19. The lowest BCUT2D eigenvalue weighted by Gasteiger charge is -2.26. The Hall–Kier alpha value is -3.68. The first-order chi connectivity index (χ1) is 15.6. The van der Waals surface area contributed by atoms with E-state index in [1.165, 1.54) is 0 Å². The maximum atomic E-state index is 12.7. The predicted octanol–water partition coefficient (Wildman–Crippen LogP) is 3.62. The number of benzene rings is 2. The van der Waals surface area contributed by atoms with Crippen LogP contribution in [0.25, 0.3) is 11.4 Å². The Bertz CT molecular complexity index is 1060. The highest BCUT2D eigenvalue weighted by molar-refractivity contribution is 5.94. The Labute approximate surface area is 186 Å². The van der Waals surface area contributed by atoms with Crippen LogP contribution in [0, 0.1) is 0 Å². The summed E-state index contributed by atoms with van der Waals surface area (Å²) in [7, 11) is 0. The molecule has 1 aliphatic rings. The van der Waals surface area contributed by atoms with Crippen molar-refractivity contribution in [2.24, 2.45) is 0 Å². The number of amides is 2. The number of aromatic nitrogens is 2. The van der Waals surface area contributed by atoms with Crippen molar-refractivity contribution in [1.82, 2.24) is 20.4 Å². The summed E-state index contributed by atoms with van der Waals surface area (Å²) in [6.45, 7) is 3.30. The van der Waals surface area contributed by atoms with Crippen molar-refractivity contribution in [2.75, 3.05) is 19.7 Å². The van der Waals surface area contributed by atoms with Crippen LogP contribution in [0.4, 0.5) is 0 Å². The molecule has 1 saturated heterocycles. The van der Waals surface area contributed by atoms with Crippen molar-refractivity contribution >= 4 is 11.8 Å². The number of rotatable bonds is 7. The van der Waals surface area contributed by atoms with Gasteiger partial charge in [-0.25, -0.2) is 0 Å². The van der Waals surface area contributed by atoms with Gasteiger partial charge in [0.2, 0.25) is 11.7 Å². The second-order valence-corrected chi connectivity index (χ2v) is 7.78. The van der Waals surface area contributed by atoms with Crippen molar-refractivity contribution in [3.8, 4) is 17.1 Å². The zero-order valence-electron chi connectivity index (χ0n) is 18.0. The smallest absolute Gasteiger partial charge is 0.260 e. The van der Waals surface area contributed by atoms with Crippen LogP contribution < -0.4 is 10.1 Å². The van der Waals surface area contributed by atoms with Crippen LogP contribution in [-0.2, 0) is 4.79 Å². The molecule has 1 unspecified atom stereocenters. The van der Waals surface area contributed by atoms with Crippen LogP contribution >= 0.6 is 0 Å². The molecule has 0 radical (unpaired) electrons. The maximum absolute atomic E-state index is 12.7. The lowest BCUT2D eigenvalue weighted by Crippen LogP contribution is -2.38. The molecule has 3 aromatic rings. The van der Waals surface area contributed by atoms with E-state index in [1.54, 1.807) is 31.2 Å². The van der Waals surface area contributed by atoms with Crippen molar-refractivity contribution < 1.29 is 18.8 Å². The van der Waals surface area contributed by atoms with Crippen LogP contribution in [0.2, 0.25) is 0 Å². The van der Waals surface area contributed by atoms with Crippen LogP contribution in [-0.4, -0.2) is 46.6 Å². The van der Waals surface area contributed by atoms with Gasteiger partial charge in [0.1, 0.15) is 11.8 Å². The van der Waals surface area contributed by atoms with E-state index < -0.39 is 6.04 Å². The lowest BCUT2D eigenvalue weighted by molar-refractivity contribution is -0.134. The van der Waals surface area contributed by atoms with Gasteiger partial charge in [-0.1, -0.05) is 41.6 Å². The van der Waals surface area contributed by atoms with E-state index in [0.717, 1.165) is 37.9 Å². The molecular weight excluding hydrogens is 408 g/mol. The summed E-state index contributed by atoms with van der Waals surface area (Å²) in [6.07, 6.45) is 3.23. The van der Waals surface area contributed by atoms with Gasteiger partial charge in [0, 0.05) is 24.2 Å². The minimum absolute atomic E-state index is 0.0289. The molecule has 4 rings (SSSR count). The molecule has 1 atom stereocenters. The van der Waals surface area contributed by atoms with Gasteiger partial charge >= 0.3 is 0 Å². The van der Waals surface area contributed by atoms with Gasteiger partial charge < -0.3 is 19.5 Å². The molecule has 8 heteroatoms. The molecule has 0 spiro atoms. The van der Waals surface area contributed by atoms with Crippen LogP contribution in [0.5, 0.6) is 5.75 Å². The number of likely N-dealkylation sites (tertiary alicyclic amines) is 1. The first-order valence-electron chi connectivity index (χ1n) is 10.8. The van der Waals surface area contributed by atoms with E-state index >= 15 is 0 Å². The van der Waals surface area contributed by atoms with Gasteiger partial charge in [0.25, 0.3) is 11.8 Å². The van der Waals surface area contributed by atoms with E-state index in [0.29, 0.717) is 23.0 Å². The first kappa shape index (κ1) is 21.5. The third kappa shape index (κ3) is 5.32. The Morgan fingerprint density at radius 2 is 1.88 bits per heavy atom. The van der Waals surface area contributed by atoms with Crippen LogP contribution in [0.3, 0.4) is 0 Å². The molecule has 2 aromatic carbocycles. The minimum atomic E-state index is -0.474. The fourth-order valence-corrected chi connectivity index (χ4v) is 3.56. The van der Waals surface area contributed by atoms with E-state index in [9.17, 15) is 9.59 Å². The molecule has 32 heavy (non-hydrogen) atoms. The average molecular weight is 434 g/mol. The van der Waals surface area contributed by atoms with Crippen molar-refractivity contribution in [3.63, 3.8) is 0 Å². The summed E-state index contributed by atoms with van der Waals surface area (Å²) in [4.78, 5) is 31.2. The standard InChI is InChI=1S/C24H26N4O4/c1-17(24-26-22(27-32-24)18-9-4-2-5-10-18)25-23(30)19-11-8-12-20(15-19)31-16-21(29)28-13-6-3-7-14-28/h2,4-5,8-12,15,17H,3,6-7,13-14,16H2,1H3,(H,25,30). The van der Waals surface area contributed by atoms with E-state index in [1.807, 2.05) is 35.2 Å². The molecule has 2 heterocycles. The largest absolute Gasteiger partial charge is 0.484 e. The first-order valence-corrected chi connectivity index (χ1v) is 10.8. The fourth-order valence-electron chi connectivity index (χ4n) is 3.56. The topological polar surface area (TPSA) is 97.6 Å². The highest BCUT2D eigenvalue weighted by atomic mass is 16.5. The zero-order chi connectivity index (χ0) is 22.3. The van der Waals surface area contributed by atoms with Crippen LogP contribution in [0.1, 0.15) is 48.5 Å². The normalized spacial score (nSPS) is 14.6. The number of hydrogen-bond donors (Lipinski definition) is 1. The van der Waals surface area contributed by atoms with Crippen molar-refractivity contribution in [1.29, 1.82) is 0 Å². The van der Waals surface area contributed by atoms with Crippen molar-refractivity contribution in [3.05, 3.63) is 66.1 Å². The van der Waals surface area contributed by atoms with E-state index in [4.69, 9.17) is 9.26 Å². The van der Waals surface area contributed by atoms with Gasteiger partial charge in [-0.3, -0.25) is 9.59 Å². The Kier molecular flexibility index (Phi) is 6.79. The molecule has 0 bridgehead atoms. The van der Waals surface area contributed by atoms with Gasteiger partial charge in [0.15, 0.2) is 6.61 Å². The summed E-state index contributed by atoms with van der Waals surface area (Å²) in [5.74, 6) is 0.926. The summed E-state index contributed by atoms with van der Waals surface area (Å²) >= 11 is 0.